The molecule has 0 radical (unpaired) electrons. The number of ether oxygens (including phenoxy) is 1. The normalized spacial score (nSPS) is 10.2. The Hall–Kier alpha value is -2.07. The van der Waals surface area contributed by atoms with Crippen LogP contribution in [-0.4, -0.2) is 11.1 Å². The van der Waals surface area contributed by atoms with Gasteiger partial charge in [-0.3, -0.25) is 0 Å². The molecular weight excluding hydrogens is 271 g/mol. The highest BCUT2D eigenvalue weighted by Gasteiger charge is 2.08. The molecule has 0 aliphatic heterocycles. The zero-order chi connectivity index (χ0) is 13.8. The molecule has 0 amide bonds. The van der Waals surface area contributed by atoms with Gasteiger partial charge in [-0.15, -0.1) is 0 Å². The van der Waals surface area contributed by atoms with Crippen molar-refractivity contribution in [3.8, 4) is 5.75 Å². The molecule has 0 bridgehead atoms. The fraction of sp³-hybridized carbons (Fsp3) is 0.0714. The van der Waals surface area contributed by atoms with Crippen LogP contribution in [0.3, 0.4) is 0 Å². The van der Waals surface area contributed by atoms with E-state index in [9.17, 15) is 9.18 Å². The molecule has 0 fully saturated rings. The molecule has 0 atom stereocenters. The van der Waals surface area contributed by atoms with Gasteiger partial charge < -0.3 is 9.84 Å². The molecule has 0 spiro atoms. The molecule has 19 heavy (non-hydrogen) atoms. The highest BCUT2D eigenvalue weighted by Crippen LogP contribution is 2.26. The maximum Gasteiger partial charge on any atom is 0.335 e. The molecule has 5 heteroatoms. The number of halogens is 2. The van der Waals surface area contributed by atoms with E-state index >= 15 is 0 Å². The van der Waals surface area contributed by atoms with Crippen LogP contribution in [0.25, 0.3) is 0 Å². The van der Waals surface area contributed by atoms with Gasteiger partial charge in [0, 0.05) is 0 Å². The van der Waals surface area contributed by atoms with Crippen molar-refractivity contribution < 1.29 is 19.0 Å². The lowest BCUT2D eigenvalue weighted by Gasteiger charge is -2.08. The fourth-order valence-corrected chi connectivity index (χ4v) is 1.73. The Morgan fingerprint density at radius 1 is 1.21 bits per heavy atom. The lowest BCUT2D eigenvalue weighted by atomic mass is 10.2. The lowest BCUT2D eigenvalue weighted by Crippen LogP contribution is -1.99. The largest absolute Gasteiger partial charge is 0.487 e. The third-order valence-corrected chi connectivity index (χ3v) is 2.78. The van der Waals surface area contributed by atoms with Gasteiger partial charge in [-0.1, -0.05) is 23.7 Å². The van der Waals surface area contributed by atoms with E-state index in [2.05, 4.69) is 0 Å². The van der Waals surface area contributed by atoms with Crippen molar-refractivity contribution in [1.82, 2.24) is 0 Å². The zero-order valence-electron chi connectivity index (χ0n) is 9.77. The van der Waals surface area contributed by atoms with Gasteiger partial charge in [0.2, 0.25) is 0 Å². The van der Waals surface area contributed by atoms with Gasteiger partial charge >= 0.3 is 5.97 Å². The van der Waals surface area contributed by atoms with Crippen LogP contribution in [0.1, 0.15) is 15.9 Å². The molecule has 2 aromatic rings. The second kappa shape index (κ2) is 5.71. The minimum absolute atomic E-state index is 0.0964. The van der Waals surface area contributed by atoms with Crippen molar-refractivity contribution in [1.29, 1.82) is 0 Å². The van der Waals surface area contributed by atoms with Crippen LogP contribution in [0.4, 0.5) is 4.39 Å². The Morgan fingerprint density at radius 3 is 2.47 bits per heavy atom. The standard InChI is InChI=1S/C14H10ClFO3/c15-12-7-10(14(17)18)3-6-13(12)19-8-9-1-4-11(16)5-2-9/h1-7H,8H2,(H,17,18). The maximum absolute atomic E-state index is 12.7. The van der Waals surface area contributed by atoms with Gasteiger partial charge in [-0.05, 0) is 35.9 Å². The number of rotatable bonds is 4. The summed E-state index contributed by atoms with van der Waals surface area (Å²) in [4.78, 5) is 10.7. The fourth-order valence-electron chi connectivity index (χ4n) is 1.49. The average molecular weight is 281 g/mol. The molecule has 98 valence electrons. The minimum Gasteiger partial charge on any atom is -0.487 e. The summed E-state index contributed by atoms with van der Waals surface area (Å²) in [5.41, 5.74) is 0.888. The molecule has 0 aliphatic rings. The molecule has 0 aromatic heterocycles. The maximum atomic E-state index is 12.7. The number of carboxylic acids is 1. The summed E-state index contributed by atoms with van der Waals surface area (Å²) in [6, 6.07) is 10.1. The Labute approximate surface area is 114 Å². The molecule has 0 aliphatic carbocycles. The average Bonchev–Trinajstić information content (AvgIpc) is 2.39. The van der Waals surface area contributed by atoms with Crippen LogP contribution in [0.5, 0.6) is 5.75 Å². The van der Waals surface area contributed by atoms with Gasteiger partial charge in [0.15, 0.2) is 0 Å². The quantitative estimate of drug-likeness (QED) is 0.927. The Morgan fingerprint density at radius 2 is 1.89 bits per heavy atom. The van der Waals surface area contributed by atoms with Gasteiger partial charge in [-0.2, -0.15) is 0 Å². The SMILES string of the molecule is O=C(O)c1ccc(OCc2ccc(F)cc2)c(Cl)c1. The Kier molecular flexibility index (Phi) is 4.02. The van der Waals surface area contributed by atoms with E-state index in [4.69, 9.17) is 21.4 Å². The number of hydrogen-bond donors (Lipinski definition) is 1. The summed E-state index contributed by atoms with van der Waals surface area (Å²) in [5.74, 6) is -0.976. The first kappa shape index (κ1) is 13.4. The second-order valence-electron chi connectivity index (χ2n) is 3.87. The van der Waals surface area contributed by atoms with Crippen LogP contribution >= 0.6 is 11.6 Å². The summed E-state index contributed by atoms with van der Waals surface area (Å²) in [7, 11) is 0. The van der Waals surface area contributed by atoms with Crippen molar-refractivity contribution in [2.24, 2.45) is 0 Å². The number of carbonyl (C=O) groups is 1. The first-order valence-corrected chi connectivity index (χ1v) is 5.84. The van der Waals surface area contributed by atoms with Gasteiger partial charge in [0.25, 0.3) is 0 Å². The van der Waals surface area contributed by atoms with Gasteiger partial charge in [0.05, 0.1) is 10.6 Å². The van der Waals surface area contributed by atoms with Crippen molar-refractivity contribution in [2.75, 3.05) is 0 Å². The molecule has 2 rings (SSSR count). The topological polar surface area (TPSA) is 46.5 Å². The highest BCUT2D eigenvalue weighted by molar-refractivity contribution is 6.32. The minimum atomic E-state index is -1.05. The monoisotopic (exact) mass is 280 g/mol. The molecule has 3 nitrogen and oxygen atoms in total. The second-order valence-corrected chi connectivity index (χ2v) is 4.27. The molecule has 1 N–H and O–H groups in total. The van der Waals surface area contributed by atoms with Crippen molar-refractivity contribution in [2.45, 2.75) is 6.61 Å². The molecule has 0 saturated carbocycles. The predicted molar refractivity (Wildman–Crippen MR) is 69.1 cm³/mol. The summed E-state index contributed by atoms with van der Waals surface area (Å²) in [6.45, 7) is 0.229. The first-order chi connectivity index (χ1) is 9.06. The van der Waals surface area contributed by atoms with E-state index in [1.54, 1.807) is 12.1 Å². The highest BCUT2D eigenvalue weighted by atomic mass is 35.5. The predicted octanol–water partition coefficient (Wildman–Crippen LogP) is 3.76. The number of benzene rings is 2. The summed E-state index contributed by atoms with van der Waals surface area (Å²) in [6.07, 6.45) is 0. The molecule has 0 unspecified atom stereocenters. The Balaban J connectivity index is 2.07. The number of aromatic carboxylic acids is 1. The van der Waals surface area contributed by atoms with Crippen LogP contribution in [0.15, 0.2) is 42.5 Å². The first-order valence-electron chi connectivity index (χ1n) is 5.46. The van der Waals surface area contributed by atoms with Crippen LogP contribution in [-0.2, 0) is 6.61 Å². The van der Waals surface area contributed by atoms with E-state index in [1.807, 2.05) is 0 Å². The third-order valence-electron chi connectivity index (χ3n) is 2.49. The van der Waals surface area contributed by atoms with E-state index in [0.717, 1.165) is 5.56 Å². The van der Waals surface area contributed by atoms with Crippen molar-refractivity contribution >= 4 is 17.6 Å². The molecule has 0 heterocycles. The van der Waals surface area contributed by atoms with Crippen LogP contribution < -0.4 is 4.74 Å². The smallest absolute Gasteiger partial charge is 0.335 e. The van der Waals surface area contributed by atoms with Gasteiger partial charge in [-0.25, -0.2) is 9.18 Å². The summed E-state index contributed by atoms with van der Waals surface area (Å²) >= 11 is 5.92. The molecule has 2 aromatic carbocycles. The van der Waals surface area contributed by atoms with Crippen LogP contribution in [0.2, 0.25) is 5.02 Å². The lowest BCUT2D eigenvalue weighted by molar-refractivity contribution is 0.0697. The van der Waals surface area contributed by atoms with E-state index < -0.39 is 5.97 Å². The number of hydrogen-bond acceptors (Lipinski definition) is 2. The molecule has 0 saturated heterocycles. The number of carboxylic acid groups (broad SMARTS) is 1. The van der Waals surface area contributed by atoms with Gasteiger partial charge in [0.1, 0.15) is 18.2 Å². The summed E-state index contributed by atoms with van der Waals surface area (Å²) < 4.78 is 18.2. The molecular formula is C14H10ClFO3. The van der Waals surface area contributed by atoms with E-state index in [0.29, 0.717) is 5.75 Å². The van der Waals surface area contributed by atoms with Crippen molar-refractivity contribution in [3.05, 3.63) is 64.4 Å². The van der Waals surface area contributed by atoms with E-state index in [1.165, 1.54) is 30.3 Å². The Bertz CT molecular complexity index is 596. The summed E-state index contributed by atoms with van der Waals surface area (Å²) in [5, 5.41) is 9.02. The van der Waals surface area contributed by atoms with Crippen LogP contribution in [0, 0.1) is 5.82 Å². The van der Waals surface area contributed by atoms with Crippen molar-refractivity contribution in [3.63, 3.8) is 0 Å². The third kappa shape index (κ3) is 3.45. The zero-order valence-corrected chi connectivity index (χ0v) is 10.5. The van der Waals surface area contributed by atoms with E-state index in [-0.39, 0.29) is 23.0 Å².